The molecule has 0 radical (unpaired) electrons. The summed E-state index contributed by atoms with van der Waals surface area (Å²) in [5.41, 5.74) is 2.70. The Balaban J connectivity index is 1.50. The number of benzene rings is 3. The van der Waals surface area contributed by atoms with Crippen molar-refractivity contribution in [1.29, 1.82) is 0 Å². The summed E-state index contributed by atoms with van der Waals surface area (Å²) in [5.74, 6) is -0.105. The van der Waals surface area contributed by atoms with Crippen LogP contribution in [0.3, 0.4) is 0 Å². The molecule has 3 aromatic carbocycles. The average Bonchev–Trinajstić information content (AvgIpc) is 2.64. The minimum absolute atomic E-state index is 0.0990. The van der Waals surface area contributed by atoms with Gasteiger partial charge in [-0.3, -0.25) is 4.79 Å². The van der Waals surface area contributed by atoms with Gasteiger partial charge in [0.25, 0.3) is 0 Å². The molecule has 0 atom stereocenters. The Morgan fingerprint density at radius 2 is 1.40 bits per heavy atom. The Bertz CT molecular complexity index is 821. The maximum absolute atomic E-state index is 12.8. The standard InChI is InChI=1S/C20H17FN2OS/c21-15-6-12-19(13-7-15)25-14-20(24)23-18-10-8-17(9-11-18)22-16-4-2-1-3-5-16/h1-13,22H,14H2,(H,23,24). The van der Waals surface area contributed by atoms with Crippen LogP contribution in [-0.4, -0.2) is 11.7 Å². The molecule has 0 unspecified atom stereocenters. The maximum atomic E-state index is 12.8. The van der Waals surface area contributed by atoms with Gasteiger partial charge < -0.3 is 10.6 Å². The molecule has 0 aliphatic rings. The third-order valence-corrected chi connectivity index (χ3v) is 4.43. The lowest BCUT2D eigenvalue weighted by molar-refractivity contribution is -0.113. The molecule has 0 fully saturated rings. The molecule has 3 nitrogen and oxygen atoms in total. The molecule has 5 heteroatoms. The third kappa shape index (κ3) is 5.36. The predicted molar refractivity (Wildman–Crippen MR) is 102 cm³/mol. The smallest absolute Gasteiger partial charge is 0.234 e. The highest BCUT2D eigenvalue weighted by molar-refractivity contribution is 8.00. The summed E-state index contributed by atoms with van der Waals surface area (Å²) in [6, 6.07) is 23.5. The first kappa shape index (κ1) is 17.0. The van der Waals surface area contributed by atoms with Crippen molar-refractivity contribution < 1.29 is 9.18 Å². The van der Waals surface area contributed by atoms with Gasteiger partial charge in [-0.05, 0) is 60.7 Å². The Morgan fingerprint density at radius 1 is 0.800 bits per heavy atom. The normalized spacial score (nSPS) is 10.3. The zero-order valence-electron chi connectivity index (χ0n) is 13.4. The first-order valence-corrected chi connectivity index (χ1v) is 8.78. The van der Waals surface area contributed by atoms with Crippen molar-refractivity contribution >= 4 is 34.7 Å². The fraction of sp³-hybridized carbons (Fsp3) is 0.0500. The van der Waals surface area contributed by atoms with E-state index in [9.17, 15) is 9.18 Å². The summed E-state index contributed by atoms with van der Waals surface area (Å²) >= 11 is 1.37. The van der Waals surface area contributed by atoms with Crippen LogP contribution in [0.25, 0.3) is 0 Å². The molecule has 0 spiro atoms. The van der Waals surface area contributed by atoms with Gasteiger partial charge in [0.05, 0.1) is 5.75 Å². The Labute approximate surface area is 150 Å². The Kier molecular flexibility index (Phi) is 5.69. The quantitative estimate of drug-likeness (QED) is 0.592. The Hall–Kier alpha value is -2.79. The lowest BCUT2D eigenvalue weighted by atomic mass is 10.2. The molecular formula is C20H17FN2OS. The molecule has 0 aromatic heterocycles. The van der Waals surface area contributed by atoms with Gasteiger partial charge in [-0.15, -0.1) is 11.8 Å². The second-order valence-corrected chi connectivity index (χ2v) is 6.41. The molecule has 0 aliphatic carbocycles. The van der Waals surface area contributed by atoms with Crippen LogP contribution < -0.4 is 10.6 Å². The van der Waals surface area contributed by atoms with Crippen LogP contribution in [0.2, 0.25) is 0 Å². The van der Waals surface area contributed by atoms with Gasteiger partial charge in [0.1, 0.15) is 5.82 Å². The molecule has 3 aromatic rings. The highest BCUT2D eigenvalue weighted by atomic mass is 32.2. The monoisotopic (exact) mass is 352 g/mol. The van der Waals surface area contributed by atoms with Crippen molar-refractivity contribution in [3.05, 3.63) is 84.7 Å². The molecule has 25 heavy (non-hydrogen) atoms. The molecule has 1 amide bonds. The molecule has 0 aliphatic heterocycles. The number of para-hydroxylation sites is 1. The molecular weight excluding hydrogens is 335 g/mol. The van der Waals surface area contributed by atoms with Crippen LogP contribution in [0.5, 0.6) is 0 Å². The zero-order valence-corrected chi connectivity index (χ0v) is 14.2. The number of thioether (sulfide) groups is 1. The highest BCUT2D eigenvalue weighted by Crippen LogP contribution is 2.20. The van der Waals surface area contributed by atoms with E-state index in [1.807, 2.05) is 54.6 Å². The summed E-state index contributed by atoms with van der Waals surface area (Å²) in [7, 11) is 0. The van der Waals surface area contributed by atoms with E-state index in [1.54, 1.807) is 12.1 Å². The minimum Gasteiger partial charge on any atom is -0.356 e. The van der Waals surface area contributed by atoms with Gasteiger partial charge in [0.2, 0.25) is 5.91 Å². The summed E-state index contributed by atoms with van der Waals surface area (Å²) in [6.07, 6.45) is 0. The number of hydrogen-bond acceptors (Lipinski definition) is 3. The van der Waals surface area contributed by atoms with Gasteiger partial charge in [0.15, 0.2) is 0 Å². The molecule has 2 N–H and O–H groups in total. The number of hydrogen-bond donors (Lipinski definition) is 2. The van der Waals surface area contributed by atoms with Crippen molar-refractivity contribution in [2.24, 2.45) is 0 Å². The van der Waals surface area contributed by atoms with Crippen molar-refractivity contribution in [1.82, 2.24) is 0 Å². The van der Waals surface area contributed by atoms with Gasteiger partial charge in [-0.2, -0.15) is 0 Å². The summed E-state index contributed by atoms with van der Waals surface area (Å²) in [6.45, 7) is 0. The van der Waals surface area contributed by atoms with Crippen molar-refractivity contribution in [3.63, 3.8) is 0 Å². The number of carbonyl (C=O) groups is 1. The van der Waals surface area contributed by atoms with E-state index in [1.165, 1.54) is 23.9 Å². The number of carbonyl (C=O) groups excluding carboxylic acids is 1. The summed E-state index contributed by atoms with van der Waals surface area (Å²) in [5, 5.41) is 6.14. The van der Waals surface area contributed by atoms with Crippen molar-refractivity contribution in [2.45, 2.75) is 4.90 Å². The fourth-order valence-electron chi connectivity index (χ4n) is 2.20. The molecule has 126 valence electrons. The Morgan fingerprint density at radius 3 is 2.08 bits per heavy atom. The molecule has 0 bridgehead atoms. The van der Waals surface area contributed by atoms with Crippen LogP contribution in [0.4, 0.5) is 21.5 Å². The average molecular weight is 352 g/mol. The fourth-order valence-corrected chi connectivity index (χ4v) is 2.90. The molecule has 0 saturated heterocycles. The van der Waals surface area contributed by atoms with Crippen molar-refractivity contribution in [2.75, 3.05) is 16.4 Å². The lowest BCUT2D eigenvalue weighted by Gasteiger charge is -2.08. The third-order valence-electron chi connectivity index (χ3n) is 3.41. The van der Waals surface area contributed by atoms with E-state index in [0.29, 0.717) is 0 Å². The van der Waals surface area contributed by atoms with Crippen LogP contribution in [0, 0.1) is 5.82 Å². The zero-order chi connectivity index (χ0) is 17.5. The molecule has 3 rings (SSSR count). The largest absolute Gasteiger partial charge is 0.356 e. The number of rotatable bonds is 6. The summed E-state index contributed by atoms with van der Waals surface area (Å²) in [4.78, 5) is 12.9. The molecule has 0 heterocycles. The first-order chi connectivity index (χ1) is 12.2. The summed E-state index contributed by atoms with van der Waals surface area (Å²) < 4.78 is 12.8. The van der Waals surface area contributed by atoms with E-state index in [4.69, 9.17) is 0 Å². The van der Waals surface area contributed by atoms with Crippen LogP contribution in [0.15, 0.2) is 83.8 Å². The van der Waals surface area contributed by atoms with Crippen molar-refractivity contribution in [3.8, 4) is 0 Å². The maximum Gasteiger partial charge on any atom is 0.234 e. The second kappa shape index (κ2) is 8.35. The van der Waals surface area contributed by atoms with Gasteiger partial charge in [0, 0.05) is 22.0 Å². The number of halogens is 1. The van der Waals surface area contributed by atoms with E-state index in [-0.39, 0.29) is 17.5 Å². The van der Waals surface area contributed by atoms with Crippen LogP contribution >= 0.6 is 11.8 Å². The van der Waals surface area contributed by atoms with Crippen LogP contribution in [-0.2, 0) is 4.79 Å². The van der Waals surface area contributed by atoms with E-state index >= 15 is 0 Å². The second-order valence-electron chi connectivity index (χ2n) is 5.36. The minimum atomic E-state index is -0.280. The van der Waals surface area contributed by atoms with Crippen LogP contribution in [0.1, 0.15) is 0 Å². The first-order valence-electron chi connectivity index (χ1n) is 7.79. The number of nitrogens with one attached hydrogen (secondary N) is 2. The topological polar surface area (TPSA) is 41.1 Å². The van der Waals surface area contributed by atoms with Gasteiger partial charge >= 0.3 is 0 Å². The van der Waals surface area contributed by atoms with Gasteiger partial charge in [-0.1, -0.05) is 18.2 Å². The lowest BCUT2D eigenvalue weighted by Crippen LogP contribution is -2.13. The molecule has 0 saturated carbocycles. The van der Waals surface area contributed by atoms with Gasteiger partial charge in [-0.25, -0.2) is 4.39 Å². The van der Waals surface area contributed by atoms with E-state index < -0.39 is 0 Å². The predicted octanol–water partition coefficient (Wildman–Crippen LogP) is 5.30. The number of anilines is 3. The SMILES string of the molecule is O=C(CSc1ccc(F)cc1)Nc1ccc(Nc2ccccc2)cc1. The highest BCUT2D eigenvalue weighted by Gasteiger charge is 2.04. The van der Waals surface area contributed by atoms with E-state index in [2.05, 4.69) is 10.6 Å². The number of amides is 1. The van der Waals surface area contributed by atoms with E-state index in [0.717, 1.165) is 22.0 Å².